The quantitative estimate of drug-likeness (QED) is 0.545. The Labute approximate surface area is 81.8 Å². The van der Waals surface area contributed by atoms with Crippen LogP contribution in [0.25, 0.3) is 10.8 Å². The van der Waals surface area contributed by atoms with E-state index in [0.717, 1.165) is 5.09 Å². The first-order chi connectivity index (χ1) is 5.92. The van der Waals surface area contributed by atoms with Crippen molar-refractivity contribution in [1.82, 2.24) is 0 Å². The Balaban J connectivity index is 2.79. The van der Waals surface area contributed by atoms with Crippen molar-refractivity contribution in [2.24, 2.45) is 0 Å². The van der Waals surface area contributed by atoms with Crippen LogP contribution in [0.5, 0.6) is 0 Å². The molecule has 1 heteroatoms. The van der Waals surface area contributed by atoms with Gasteiger partial charge in [0.2, 0.25) is 0 Å². The first-order valence-corrected chi connectivity index (χ1v) is 4.38. The molecule has 0 aliphatic carbocycles. The van der Waals surface area contributed by atoms with E-state index < -0.39 is 0 Å². The Bertz CT molecular complexity index is 388. The van der Waals surface area contributed by atoms with Gasteiger partial charge in [0.1, 0.15) is 0 Å². The van der Waals surface area contributed by atoms with Crippen molar-refractivity contribution in [3.63, 3.8) is 0 Å². The van der Waals surface area contributed by atoms with Crippen molar-refractivity contribution < 1.29 is 0 Å². The molecular formula is C11H9Li. The van der Waals surface area contributed by atoms with E-state index in [9.17, 15) is 0 Å². The van der Waals surface area contributed by atoms with E-state index in [1.54, 1.807) is 0 Å². The molecule has 0 saturated heterocycles. The summed E-state index contributed by atoms with van der Waals surface area (Å²) in [5.41, 5.74) is 1.44. The van der Waals surface area contributed by atoms with Crippen molar-refractivity contribution in [3.8, 4) is 0 Å². The minimum atomic E-state index is 1.11. The molecule has 0 fully saturated rings. The summed E-state index contributed by atoms with van der Waals surface area (Å²) in [4.78, 5) is 0. The summed E-state index contributed by atoms with van der Waals surface area (Å²) in [6, 6.07) is 15.0. The number of hydrogen-bond acceptors (Lipinski definition) is 0. The van der Waals surface area contributed by atoms with Crippen molar-refractivity contribution in [3.05, 3.63) is 48.0 Å². The van der Waals surface area contributed by atoms with Crippen LogP contribution in [0.15, 0.2) is 42.5 Å². The maximum atomic E-state index is 2.20. The van der Waals surface area contributed by atoms with E-state index in [1.807, 2.05) is 0 Å². The van der Waals surface area contributed by atoms with Crippen LogP contribution in [-0.4, -0.2) is 17.7 Å². The van der Waals surface area contributed by atoms with E-state index in [-0.39, 0.29) is 0 Å². The van der Waals surface area contributed by atoms with Gasteiger partial charge in [-0.05, 0) is 0 Å². The van der Waals surface area contributed by atoms with Crippen LogP contribution in [0.1, 0.15) is 5.56 Å². The standard InChI is InChI=1S/C11H9.Li/c1-9-5-4-7-10-6-2-3-8-11(9)10;/h2-8H,1H2;. The van der Waals surface area contributed by atoms with E-state index in [4.69, 9.17) is 0 Å². The van der Waals surface area contributed by atoms with Crippen molar-refractivity contribution in [1.29, 1.82) is 0 Å². The average Bonchev–Trinajstić information content (AvgIpc) is 2.17. The summed E-state index contributed by atoms with van der Waals surface area (Å²) in [5.74, 6) is 0. The zero-order valence-electron chi connectivity index (χ0n) is 7.25. The summed E-state index contributed by atoms with van der Waals surface area (Å²) in [6.45, 7) is 0. The van der Waals surface area contributed by atoms with E-state index in [0.29, 0.717) is 0 Å². The Morgan fingerprint density at radius 1 is 0.917 bits per heavy atom. The Morgan fingerprint density at radius 2 is 1.67 bits per heavy atom. The summed E-state index contributed by atoms with van der Waals surface area (Å²) in [7, 11) is 0. The fraction of sp³-hybridized carbons (Fsp3) is 0.0909. The van der Waals surface area contributed by atoms with E-state index >= 15 is 0 Å². The zero-order valence-corrected chi connectivity index (χ0v) is 7.25. The third-order valence-corrected chi connectivity index (χ3v) is 2.26. The van der Waals surface area contributed by atoms with E-state index in [1.165, 1.54) is 16.3 Å². The third-order valence-electron chi connectivity index (χ3n) is 2.26. The summed E-state index contributed by atoms with van der Waals surface area (Å²) in [6.07, 6.45) is 0. The van der Waals surface area contributed by atoms with Gasteiger partial charge in [-0.3, -0.25) is 0 Å². The molecule has 0 nitrogen and oxygen atoms in total. The van der Waals surface area contributed by atoms with Gasteiger partial charge in [0.25, 0.3) is 0 Å². The molecule has 0 amide bonds. The predicted octanol–water partition coefficient (Wildman–Crippen LogP) is 2.51. The van der Waals surface area contributed by atoms with Gasteiger partial charge in [-0.25, -0.2) is 0 Å². The Kier molecular flexibility index (Phi) is 2.21. The fourth-order valence-electron chi connectivity index (χ4n) is 1.60. The van der Waals surface area contributed by atoms with Gasteiger partial charge in [-0.2, -0.15) is 0 Å². The molecule has 0 bridgehead atoms. The monoisotopic (exact) mass is 148 g/mol. The van der Waals surface area contributed by atoms with Gasteiger partial charge in [-0.1, -0.05) is 0 Å². The first kappa shape index (κ1) is 7.92. The molecule has 2 aromatic carbocycles. The van der Waals surface area contributed by atoms with Gasteiger partial charge in [-0.15, -0.1) is 0 Å². The summed E-state index contributed by atoms with van der Waals surface area (Å²) < 4.78 is 0. The van der Waals surface area contributed by atoms with Crippen LogP contribution in [-0.2, 0) is 5.09 Å². The van der Waals surface area contributed by atoms with Crippen LogP contribution in [0, 0.1) is 0 Å². The molecule has 54 valence electrons. The molecule has 0 aliphatic heterocycles. The third kappa shape index (κ3) is 1.29. The Morgan fingerprint density at radius 3 is 2.50 bits per heavy atom. The molecule has 0 aromatic heterocycles. The van der Waals surface area contributed by atoms with Gasteiger partial charge in [0, 0.05) is 0 Å². The van der Waals surface area contributed by atoms with Crippen LogP contribution in [0.2, 0.25) is 0 Å². The summed E-state index contributed by atoms with van der Waals surface area (Å²) in [5, 5.41) is 3.85. The molecule has 12 heavy (non-hydrogen) atoms. The van der Waals surface area contributed by atoms with Crippen molar-refractivity contribution >= 4 is 28.5 Å². The van der Waals surface area contributed by atoms with Gasteiger partial charge in [0.05, 0.1) is 0 Å². The summed E-state index contributed by atoms with van der Waals surface area (Å²) >= 11 is 2.20. The molecule has 0 N–H and O–H groups in total. The molecule has 0 radical (unpaired) electrons. The van der Waals surface area contributed by atoms with Crippen molar-refractivity contribution in [2.75, 3.05) is 0 Å². The van der Waals surface area contributed by atoms with Gasteiger partial charge >= 0.3 is 81.6 Å². The average molecular weight is 148 g/mol. The molecule has 0 unspecified atom stereocenters. The minimum absolute atomic E-state index is 1.11. The topological polar surface area (TPSA) is 0 Å². The molecular weight excluding hydrogens is 139 g/mol. The number of fused-ring (bicyclic) bond motifs is 1. The predicted molar refractivity (Wildman–Crippen MR) is 53.4 cm³/mol. The van der Waals surface area contributed by atoms with Crippen LogP contribution in [0.3, 0.4) is 0 Å². The first-order valence-electron chi connectivity index (χ1n) is 4.38. The molecule has 0 spiro atoms. The Hall–Kier alpha value is -0.703. The van der Waals surface area contributed by atoms with Crippen LogP contribution >= 0.6 is 0 Å². The second-order valence-corrected chi connectivity index (χ2v) is 2.99. The molecule has 0 saturated carbocycles. The fourth-order valence-corrected chi connectivity index (χ4v) is 1.60. The molecule has 0 atom stereocenters. The van der Waals surface area contributed by atoms with Crippen LogP contribution < -0.4 is 0 Å². The maximum absolute atomic E-state index is 2.20. The van der Waals surface area contributed by atoms with Crippen molar-refractivity contribution in [2.45, 2.75) is 5.09 Å². The molecule has 2 rings (SSSR count). The molecule has 0 aliphatic rings. The number of hydrogen-bond donors (Lipinski definition) is 0. The zero-order chi connectivity index (χ0) is 8.39. The molecule has 0 heterocycles. The molecule has 2 aromatic rings. The second kappa shape index (κ2) is 3.35. The second-order valence-electron chi connectivity index (χ2n) is 2.99. The normalized spacial score (nSPS) is 10.5. The number of benzene rings is 2. The van der Waals surface area contributed by atoms with Crippen LogP contribution in [0.4, 0.5) is 0 Å². The number of rotatable bonds is 1. The van der Waals surface area contributed by atoms with Gasteiger partial charge < -0.3 is 0 Å². The van der Waals surface area contributed by atoms with Gasteiger partial charge in [0.15, 0.2) is 0 Å². The SMILES string of the molecule is [Li][CH2]c1cccc2ccccc12. The van der Waals surface area contributed by atoms with E-state index in [2.05, 4.69) is 60.2 Å².